The highest BCUT2D eigenvalue weighted by Crippen LogP contribution is 2.30. The maximum Gasteiger partial charge on any atom is 0.275 e. The molecule has 0 bridgehead atoms. The highest BCUT2D eigenvalue weighted by Gasteiger charge is 2.26. The number of unbranched alkanes of at least 4 members (excludes halogenated alkanes) is 2. The van der Waals surface area contributed by atoms with Crippen LogP contribution in [0.15, 0.2) is 48.5 Å². The summed E-state index contributed by atoms with van der Waals surface area (Å²) in [4.78, 5) is 25.3. The molecule has 2 rings (SSSR count). The molecule has 156 valence electrons. The molecule has 0 spiro atoms. The summed E-state index contributed by atoms with van der Waals surface area (Å²) in [6.07, 6.45) is 1.59. The van der Waals surface area contributed by atoms with Crippen LogP contribution in [0.5, 0.6) is 5.75 Å². The van der Waals surface area contributed by atoms with E-state index in [1.54, 1.807) is 11.9 Å². The Balaban J connectivity index is 2.27. The Morgan fingerprint density at radius 3 is 2.48 bits per heavy atom. The lowest BCUT2D eigenvalue weighted by molar-refractivity contribution is -0.386. The maximum atomic E-state index is 13.1. The van der Waals surface area contributed by atoms with E-state index in [1.165, 1.54) is 25.1 Å². The average molecular weight is 400 g/mol. The molecule has 0 heterocycles. The fraction of sp³-hybridized carbons (Fsp3) is 0.409. The van der Waals surface area contributed by atoms with Gasteiger partial charge in [0.15, 0.2) is 6.10 Å². The zero-order valence-electron chi connectivity index (χ0n) is 17.1. The summed E-state index contributed by atoms with van der Waals surface area (Å²) in [7, 11) is 1.70. The predicted octanol–water partition coefficient (Wildman–Crippen LogP) is 4.64. The summed E-state index contributed by atoms with van der Waals surface area (Å²) < 4.78 is 5.97. The molecule has 0 aliphatic carbocycles. The van der Waals surface area contributed by atoms with Crippen LogP contribution in [0.3, 0.4) is 0 Å². The fourth-order valence-electron chi connectivity index (χ4n) is 3.08. The molecule has 1 amide bonds. The van der Waals surface area contributed by atoms with Crippen molar-refractivity contribution in [3.05, 3.63) is 64.2 Å². The normalized spacial score (nSPS) is 12.8. The van der Waals surface area contributed by atoms with E-state index < -0.39 is 17.1 Å². The quantitative estimate of drug-likeness (QED) is 0.356. The van der Waals surface area contributed by atoms with E-state index in [0.29, 0.717) is 12.2 Å². The number of hydrogen-bond donors (Lipinski definition) is 1. The van der Waals surface area contributed by atoms with Crippen molar-refractivity contribution in [3.8, 4) is 5.75 Å². The third-order valence-corrected chi connectivity index (χ3v) is 4.74. The van der Waals surface area contributed by atoms with Crippen molar-refractivity contribution < 1.29 is 19.6 Å². The van der Waals surface area contributed by atoms with E-state index in [9.17, 15) is 20.0 Å². The topological polar surface area (TPSA) is 92.9 Å². The predicted molar refractivity (Wildman–Crippen MR) is 112 cm³/mol. The van der Waals surface area contributed by atoms with Crippen LogP contribution in [0.25, 0.3) is 0 Å². The number of aliphatic hydroxyl groups is 1. The van der Waals surface area contributed by atoms with Crippen molar-refractivity contribution in [2.75, 3.05) is 11.9 Å². The smallest absolute Gasteiger partial charge is 0.275 e. The number of rotatable bonds is 10. The lowest BCUT2D eigenvalue weighted by Crippen LogP contribution is -2.40. The summed E-state index contributed by atoms with van der Waals surface area (Å²) in [5.41, 5.74) is 0.737. The Morgan fingerprint density at radius 1 is 1.21 bits per heavy atom. The number of para-hydroxylation sites is 1. The zero-order valence-corrected chi connectivity index (χ0v) is 17.1. The van der Waals surface area contributed by atoms with Gasteiger partial charge in [-0.1, -0.05) is 38.0 Å². The van der Waals surface area contributed by atoms with Gasteiger partial charge in [0.2, 0.25) is 0 Å². The number of nitrogens with zero attached hydrogens (tertiary/aromatic N) is 2. The maximum absolute atomic E-state index is 13.1. The second-order valence-electron chi connectivity index (χ2n) is 6.99. The molecule has 0 aliphatic heterocycles. The molecule has 29 heavy (non-hydrogen) atoms. The average Bonchev–Trinajstić information content (AvgIpc) is 2.72. The first-order valence-corrected chi connectivity index (χ1v) is 9.80. The zero-order chi connectivity index (χ0) is 21.4. The third-order valence-electron chi connectivity index (χ3n) is 4.74. The Labute approximate surface area is 171 Å². The minimum absolute atomic E-state index is 0.156. The molecule has 2 aromatic carbocycles. The standard InChI is InChI=1S/C22H28N2O5/c1-4-5-7-12-21(22(26)23(3)17-10-8-6-9-11-17)29-18-13-14-20(24(27)28)19(15-18)16(2)25/h6,8-11,13-16,21,25H,4-5,7,12H2,1-3H3. The number of nitro benzene ring substituents is 1. The number of carbonyl (C=O) groups excluding carboxylic acids is 1. The van der Waals surface area contributed by atoms with Gasteiger partial charge in [0.25, 0.3) is 11.6 Å². The van der Waals surface area contributed by atoms with Gasteiger partial charge in [-0.15, -0.1) is 0 Å². The molecule has 0 fully saturated rings. The number of amides is 1. The van der Waals surface area contributed by atoms with E-state index in [4.69, 9.17) is 4.74 Å². The molecular weight excluding hydrogens is 372 g/mol. The van der Waals surface area contributed by atoms with Crippen LogP contribution in [-0.4, -0.2) is 29.1 Å². The number of nitro groups is 1. The number of anilines is 1. The summed E-state index contributed by atoms with van der Waals surface area (Å²) in [6.45, 7) is 3.54. The molecule has 2 atom stereocenters. The van der Waals surface area contributed by atoms with Gasteiger partial charge in [0, 0.05) is 18.8 Å². The minimum atomic E-state index is -1.03. The molecule has 0 radical (unpaired) electrons. The van der Waals surface area contributed by atoms with E-state index in [2.05, 4.69) is 6.92 Å². The van der Waals surface area contributed by atoms with Crippen LogP contribution in [0.1, 0.15) is 51.2 Å². The van der Waals surface area contributed by atoms with Crippen molar-refractivity contribution in [2.45, 2.75) is 51.7 Å². The fourth-order valence-corrected chi connectivity index (χ4v) is 3.08. The second kappa shape index (κ2) is 10.6. The van der Waals surface area contributed by atoms with Crippen molar-refractivity contribution in [3.63, 3.8) is 0 Å². The summed E-state index contributed by atoms with van der Waals surface area (Å²) in [6, 6.07) is 13.5. The van der Waals surface area contributed by atoms with Crippen molar-refractivity contribution in [1.29, 1.82) is 0 Å². The lowest BCUT2D eigenvalue weighted by atomic mass is 10.1. The molecule has 1 N–H and O–H groups in total. The number of benzene rings is 2. The van der Waals surface area contributed by atoms with E-state index in [1.807, 2.05) is 30.3 Å². The highest BCUT2D eigenvalue weighted by molar-refractivity contribution is 5.96. The van der Waals surface area contributed by atoms with E-state index in [0.717, 1.165) is 24.9 Å². The molecular formula is C22H28N2O5. The Hall–Kier alpha value is -2.93. The number of carbonyl (C=O) groups is 1. The van der Waals surface area contributed by atoms with Gasteiger partial charge in [-0.05, 0) is 44.0 Å². The number of likely N-dealkylation sites (N-methyl/N-ethyl adjacent to an activating group) is 1. The number of ether oxygens (including phenoxy) is 1. The lowest BCUT2D eigenvalue weighted by Gasteiger charge is -2.25. The number of aliphatic hydroxyl groups excluding tert-OH is 1. The van der Waals surface area contributed by atoms with Gasteiger partial charge >= 0.3 is 0 Å². The van der Waals surface area contributed by atoms with Gasteiger partial charge in [-0.2, -0.15) is 0 Å². The second-order valence-corrected chi connectivity index (χ2v) is 6.99. The molecule has 2 aromatic rings. The van der Waals surface area contributed by atoms with Crippen LogP contribution in [0.4, 0.5) is 11.4 Å². The van der Waals surface area contributed by atoms with Crippen LogP contribution < -0.4 is 9.64 Å². The first-order chi connectivity index (χ1) is 13.8. The summed E-state index contributed by atoms with van der Waals surface area (Å²) in [5.74, 6) is 0.132. The van der Waals surface area contributed by atoms with E-state index in [-0.39, 0.29) is 17.2 Å². The third kappa shape index (κ3) is 6.02. The molecule has 0 aliphatic rings. The Bertz CT molecular complexity index is 823. The Morgan fingerprint density at radius 2 is 1.90 bits per heavy atom. The van der Waals surface area contributed by atoms with Crippen LogP contribution in [0, 0.1) is 10.1 Å². The van der Waals surface area contributed by atoms with Crippen LogP contribution in [0.2, 0.25) is 0 Å². The molecule has 7 heteroatoms. The molecule has 0 saturated heterocycles. The minimum Gasteiger partial charge on any atom is -0.481 e. The Kier molecular flexibility index (Phi) is 8.15. The van der Waals surface area contributed by atoms with Crippen molar-refractivity contribution in [2.24, 2.45) is 0 Å². The first-order valence-electron chi connectivity index (χ1n) is 9.80. The van der Waals surface area contributed by atoms with Crippen LogP contribution >= 0.6 is 0 Å². The first kappa shape index (κ1) is 22.4. The SMILES string of the molecule is CCCCCC(Oc1ccc([N+](=O)[O-])c(C(C)O)c1)C(=O)N(C)c1ccccc1. The van der Waals surface area contributed by atoms with Gasteiger partial charge in [0.1, 0.15) is 5.75 Å². The van der Waals surface area contributed by atoms with Gasteiger partial charge in [0.05, 0.1) is 16.6 Å². The number of hydrogen-bond acceptors (Lipinski definition) is 5. The summed E-state index contributed by atoms with van der Waals surface area (Å²) in [5, 5.41) is 21.1. The largest absolute Gasteiger partial charge is 0.481 e. The van der Waals surface area contributed by atoms with Crippen molar-refractivity contribution >= 4 is 17.3 Å². The molecule has 2 unspecified atom stereocenters. The highest BCUT2D eigenvalue weighted by atomic mass is 16.6. The van der Waals surface area contributed by atoms with Gasteiger partial charge in [-0.3, -0.25) is 14.9 Å². The molecule has 7 nitrogen and oxygen atoms in total. The monoisotopic (exact) mass is 400 g/mol. The van der Waals surface area contributed by atoms with Gasteiger partial charge < -0.3 is 14.7 Å². The van der Waals surface area contributed by atoms with Crippen LogP contribution in [-0.2, 0) is 4.79 Å². The molecule has 0 saturated carbocycles. The molecule has 0 aromatic heterocycles. The van der Waals surface area contributed by atoms with Crippen molar-refractivity contribution in [1.82, 2.24) is 0 Å². The van der Waals surface area contributed by atoms with Gasteiger partial charge in [-0.25, -0.2) is 0 Å². The van der Waals surface area contributed by atoms with E-state index >= 15 is 0 Å². The summed E-state index contributed by atoms with van der Waals surface area (Å²) >= 11 is 0.